The minimum atomic E-state index is -0.157. The Morgan fingerprint density at radius 3 is 2.28 bits per heavy atom. The van der Waals surface area contributed by atoms with Crippen LogP contribution in [0.25, 0.3) is 6.08 Å². The lowest BCUT2D eigenvalue weighted by Gasteiger charge is -2.07. The van der Waals surface area contributed by atoms with Gasteiger partial charge in [0.15, 0.2) is 11.5 Å². The van der Waals surface area contributed by atoms with Crippen LogP contribution in [-0.4, -0.2) is 27.2 Å². The third-order valence-electron chi connectivity index (χ3n) is 3.64. The van der Waals surface area contributed by atoms with Gasteiger partial charge in [0.2, 0.25) is 5.91 Å². The Hall–Kier alpha value is -2.79. The number of amides is 1. The lowest BCUT2D eigenvalue weighted by molar-refractivity contribution is -0.116. The average molecular weight is 341 g/mol. The average Bonchev–Trinajstić information content (AvgIpc) is 2.65. The van der Waals surface area contributed by atoms with Crippen LogP contribution in [0.1, 0.15) is 16.7 Å². The van der Waals surface area contributed by atoms with Gasteiger partial charge in [-0.2, -0.15) is 0 Å². The topological polar surface area (TPSA) is 56.8 Å². The highest BCUT2D eigenvalue weighted by atomic mass is 16.5. The summed E-state index contributed by atoms with van der Waals surface area (Å²) in [4.78, 5) is 12.0. The highest BCUT2D eigenvalue weighted by Crippen LogP contribution is 2.27. The Bertz CT molecular complexity index is 723. The summed E-state index contributed by atoms with van der Waals surface area (Å²) in [6, 6.07) is 13.4. The number of carbonyl (C=O) groups is 1. The van der Waals surface area contributed by atoms with Gasteiger partial charge in [-0.05, 0) is 34.9 Å². The minimum Gasteiger partial charge on any atom is -0.493 e. The van der Waals surface area contributed by atoms with Crippen molar-refractivity contribution in [2.45, 2.75) is 13.2 Å². The quantitative estimate of drug-likeness (QED) is 0.749. The number of nitrogens with one attached hydrogen (secondary N) is 1. The molecule has 5 nitrogen and oxygen atoms in total. The van der Waals surface area contributed by atoms with Gasteiger partial charge in [0, 0.05) is 19.7 Å². The highest BCUT2D eigenvalue weighted by molar-refractivity contribution is 5.91. The molecule has 0 atom stereocenters. The van der Waals surface area contributed by atoms with Gasteiger partial charge in [-0.15, -0.1) is 0 Å². The minimum absolute atomic E-state index is 0.157. The molecule has 25 heavy (non-hydrogen) atoms. The first-order chi connectivity index (χ1) is 12.2. The normalized spacial score (nSPS) is 10.7. The van der Waals surface area contributed by atoms with E-state index in [9.17, 15) is 4.79 Å². The molecule has 1 N–H and O–H groups in total. The van der Waals surface area contributed by atoms with Crippen LogP contribution in [0.15, 0.2) is 48.5 Å². The van der Waals surface area contributed by atoms with Crippen LogP contribution in [0.5, 0.6) is 11.5 Å². The number of rotatable bonds is 8. The van der Waals surface area contributed by atoms with Crippen molar-refractivity contribution in [1.29, 1.82) is 0 Å². The molecule has 0 aliphatic rings. The van der Waals surface area contributed by atoms with Crippen molar-refractivity contribution < 1.29 is 19.0 Å². The van der Waals surface area contributed by atoms with Gasteiger partial charge in [-0.3, -0.25) is 4.79 Å². The molecule has 2 rings (SSSR count). The van der Waals surface area contributed by atoms with Gasteiger partial charge in [0.25, 0.3) is 0 Å². The molecular weight excluding hydrogens is 318 g/mol. The van der Waals surface area contributed by atoms with Crippen molar-refractivity contribution in [3.63, 3.8) is 0 Å². The number of hydrogen-bond donors (Lipinski definition) is 1. The van der Waals surface area contributed by atoms with Crippen LogP contribution < -0.4 is 14.8 Å². The standard InChI is InChI=1S/C20H23NO4/c1-23-14-17-6-4-16(5-7-17)13-21-20(22)11-9-15-8-10-18(24-2)19(12-15)25-3/h4-12H,13-14H2,1-3H3,(H,21,22)/b11-9+. The van der Waals surface area contributed by atoms with Crippen LogP contribution in [0.4, 0.5) is 0 Å². The van der Waals surface area contributed by atoms with Crippen molar-refractivity contribution in [2.75, 3.05) is 21.3 Å². The highest BCUT2D eigenvalue weighted by Gasteiger charge is 2.03. The summed E-state index contributed by atoms with van der Waals surface area (Å²) in [5.74, 6) is 1.12. The molecule has 0 saturated carbocycles. The monoisotopic (exact) mass is 341 g/mol. The summed E-state index contributed by atoms with van der Waals surface area (Å²) in [5.41, 5.74) is 3.00. The van der Waals surface area contributed by atoms with Gasteiger partial charge in [-0.25, -0.2) is 0 Å². The van der Waals surface area contributed by atoms with Crippen molar-refractivity contribution in [1.82, 2.24) is 5.32 Å². The smallest absolute Gasteiger partial charge is 0.244 e. The Balaban J connectivity index is 1.90. The zero-order valence-electron chi connectivity index (χ0n) is 14.7. The second-order valence-electron chi connectivity index (χ2n) is 5.42. The van der Waals surface area contributed by atoms with E-state index in [0.717, 1.165) is 16.7 Å². The van der Waals surface area contributed by atoms with Gasteiger partial charge < -0.3 is 19.5 Å². The molecule has 5 heteroatoms. The molecule has 0 aliphatic carbocycles. The van der Waals surface area contributed by atoms with E-state index in [1.54, 1.807) is 33.5 Å². The Labute approximate surface area is 148 Å². The van der Waals surface area contributed by atoms with E-state index in [2.05, 4.69) is 5.32 Å². The number of benzene rings is 2. The van der Waals surface area contributed by atoms with E-state index in [4.69, 9.17) is 14.2 Å². The summed E-state index contributed by atoms with van der Waals surface area (Å²) in [5, 5.41) is 2.86. The molecule has 0 aliphatic heterocycles. The maximum Gasteiger partial charge on any atom is 0.244 e. The maximum absolute atomic E-state index is 12.0. The lowest BCUT2D eigenvalue weighted by atomic mass is 10.1. The molecule has 0 unspecified atom stereocenters. The van der Waals surface area contributed by atoms with Gasteiger partial charge in [-0.1, -0.05) is 30.3 Å². The molecular formula is C20H23NO4. The number of ether oxygens (including phenoxy) is 3. The van der Waals surface area contributed by atoms with Gasteiger partial charge in [0.1, 0.15) is 0 Å². The molecule has 0 spiro atoms. The third kappa shape index (κ3) is 5.65. The van der Waals surface area contributed by atoms with Gasteiger partial charge >= 0.3 is 0 Å². The van der Waals surface area contributed by atoms with Crippen LogP contribution in [0.2, 0.25) is 0 Å². The number of methoxy groups -OCH3 is 3. The van der Waals surface area contributed by atoms with Gasteiger partial charge in [0.05, 0.1) is 20.8 Å². The molecule has 0 radical (unpaired) electrons. The van der Waals surface area contributed by atoms with Crippen molar-refractivity contribution in [2.24, 2.45) is 0 Å². The van der Waals surface area contributed by atoms with E-state index in [1.165, 1.54) is 6.08 Å². The molecule has 0 bridgehead atoms. The second-order valence-corrected chi connectivity index (χ2v) is 5.42. The SMILES string of the molecule is COCc1ccc(CNC(=O)/C=C/c2ccc(OC)c(OC)c2)cc1. The summed E-state index contributed by atoms with van der Waals surface area (Å²) in [6.45, 7) is 1.06. The second kappa shape index (κ2) is 9.49. The fraction of sp³-hybridized carbons (Fsp3) is 0.250. The fourth-order valence-electron chi connectivity index (χ4n) is 2.30. The maximum atomic E-state index is 12.0. The first kappa shape index (κ1) is 18.5. The van der Waals surface area contributed by atoms with E-state index in [0.29, 0.717) is 24.7 Å². The third-order valence-corrected chi connectivity index (χ3v) is 3.64. The molecule has 2 aromatic rings. The molecule has 1 amide bonds. The molecule has 132 valence electrons. The Kier molecular flexibility index (Phi) is 7.04. The first-order valence-electron chi connectivity index (χ1n) is 7.91. The van der Waals surface area contributed by atoms with E-state index in [1.807, 2.05) is 36.4 Å². The number of hydrogen-bond acceptors (Lipinski definition) is 4. The van der Waals surface area contributed by atoms with Crippen molar-refractivity contribution in [3.8, 4) is 11.5 Å². The van der Waals surface area contributed by atoms with Crippen molar-refractivity contribution in [3.05, 3.63) is 65.2 Å². The predicted octanol–water partition coefficient (Wildman–Crippen LogP) is 3.18. The van der Waals surface area contributed by atoms with Crippen LogP contribution in [0.3, 0.4) is 0 Å². The van der Waals surface area contributed by atoms with E-state index < -0.39 is 0 Å². The van der Waals surface area contributed by atoms with Crippen LogP contribution in [-0.2, 0) is 22.7 Å². The first-order valence-corrected chi connectivity index (χ1v) is 7.91. The Morgan fingerprint density at radius 2 is 1.64 bits per heavy atom. The zero-order chi connectivity index (χ0) is 18.1. The molecule has 0 aromatic heterocycles. The summed E-state index contributed by atoms with van der Waals surface area (Å²) >= 11 is 0. The zero-order valence-corrected chi connectivity index (χ0v) is 14.7. The molecule has 0 saturated heterocycles. The van der Waals surface area contributed by atoms with Crippen LogP contribution >= 0.6 is 0 Å². The summed E-state index contributed by atoms with van der Waals surface area (Å²) in [6.07, 6.45) is 3.24. The van der Waals surface area contributed by atoms with Crippen LogP contribution in [0, 0.1) is 0 Å². The lowest BCUT2D eigenvalue weighted by Crippen LogP contribution is -2.20. The van der Waals surface area contributed by atoms with Crippen molar-refractivity contribution >= 4 is 12.0 Å². The summed E-state index contributed by atoms with van der Waals surface area (Å²) < 4.78 is 15.5. The predicted molar refractivity (Wildman–Crippen MR) is 97.6 cm³/mol. The largest absolute Gasteiger partial charge is 0.493 e. The summed E-state index contributed by atoms with van der Waals surface area (Å²) in [7, 11) is 4.83. The van der Waals surface area contributed by atoms with E-state index >= 15 is 0 Å². The Morgan fingerprint density at radius 1 is 0.960 bits per heavy atom. The molecule has 2 aromatic carbocycles. The molecule has 0 fully saturated rings. The van der Waals surface area contributed by atoms with E-state index in [-0.39, 0.29) is 5.91 Å². The fourth-order valence-corrected chi connectivity index (χ4v) is 2.30. The molecule has 0 heterocycles. The number of carbonyl (C=O) groups excluding carboxylic acids is 1.